The van der Waals surface area contributed by atoms with E-state index in [4.69, 9.17) is 4.74 Å². The van der Waals surface area contributed by atoms with Crippen molar-refractivity contribution in [3.8, 4) is 0 Å². The fraction of sp³-hybridized carbons (Fsp3) is 0.548. The predicted octanol–water partition coefficient (Wildman–Crippen LogP) is 7.54. The number of hydrogen-bond acceptors (Lipinski definition) is 3. The Hall–Kier alpha value is -2.82. The molecular formula is C31H48N2O3. The molecule has 0 aromatic rings. The van der Waals surface area contributed by atoms with E-state index in [0.29, 0.717) is 32.6 Å². The number of ether oxygens (including phenoxy) is 1. The first-order valence-corrected chi connectivity index (χ1v) is 13.5. The Morgan fingerprint density at radius 3 is 1.44 bits per heavy atom. The van der Waals surface area contributed by atoms with E-state index in [1.54, 1.807) is 4.90 Å². The van der Waals surface area contributed by atoms with Crippen molar-refractivity contribution in [3.05, 3.63) is 72.9 Å². The van der Waals surface area contributed by atoms with E-state index in [1.807, 2.05) is 25.7 Å². The van der Waals surface area contributed by atoms with Gasteiger partial charge in [0.15, 0.2) is 0 Å². The predicted molar refractivity (Wildman–Crippen MR) is 152 cm³/mol. The average Bonchev–Trinajstić information content (AvgIpc) is 2.84. The van der Waals surface area contributed by atoms with Crippen LogP contribution >= 0.6 is 0 Å². The summed E-state index contributed by atoms with van der Waals surface area (Å²) in [5.74, 6) is 0.151. The van der Waals surface area contributed by atoms with Crippen LogP contribution in [0.15, 0.2) is 72.9 Å². The largest absolute Gasteiger partial charge is 0.444 e. The molecule has 1 fully saturated rings. The van der Waals surface area contributed by atoms with E-state index >= 15 is 0 Å². The molecule has 1 aliphatic rings. The van der Waals surface area contributed by atoms with Gasteiger partial charge >= 0.3 is 6.09 Å². The summed E-state index contributed by atoms with van der Waals surface area (Å²) in [4.78, 5) is 28.1. The van der Waals surface area contributed by atoms with E-state index in [1.165, 1.54) is 0 Å². The molecule has 200 valence electrons. The van der Waals surface area contributed by atoms with Crippen LogP contribution in [0.3, 0.4) is 0 Å². The summed E-state index contributed by atoms with van der Waals surface area (Å²) in [6.45, 7) is 9.93. The van der Waals surface area contributed by atoms with Gasteiger partial charge in [0, 0.05) is 32.6 Å². The van der Waals surface area contributed by atoms with Crippen LogP contribution in [0.1, 0.15) is 79.1 Å². The highest BCUT2D eigenvalue weighted by Crippen LogP contribution is 2.12. The molecule has 1 aliphatic heterocycles. The lowest BCUT2D eigenvalue weighted by Crippen LogP contribution is -2.51. The summed E-state index contributed by atoms with van der Waals surface area (Å²) in [6.07, 6.45) is 33.0. The maximum Gasteiger partial charge on any atom is 0.410 e. The Morgan fingerprint density at radius 2 is 1.03 bits per heavy atom. The molecule has 0 atom stereocenters. The molecule has 0 aliphatic carbocycles. The molecule has 0 saturated carbocycles. The van der Waals surface area contributed by atoms with Crippen molar-refractivity contribution in [2.75, 3.05) is 26.2 Å². The monoisotopic (exact) mass is 496 g/mol. The fourth-order valence-corrected chi connectivity index (χ4v) is 3.47. The van der Waals surface area contributed by atoms with E-state index in [0.717, 1.165) is 44.9 Å². The number of carbonyl (C=O) groups is 2. The Balaban J connectivity index is 2.06. The lowest BCUT2D eigenvalue weighted by atomic mass is 10.2. The Bertz CT molecular complexity index is 789. The average molecular weight is 497 g/mol. The topological polar surface area (TPSA) is 49.9 Å². The van der Waals surface area contributed by atoms with Gasteiger partial charge in [-0.1, -0.05) is 79.8 Å². The molecule has 5 heteroatoms. The lowest BCUT2D eigenvalue weighted by Gasteiger charge is -2.35. The van der Waals surface area contributed by atoms with Gasteiger partial charge in [0.25, 0.3) is 0 Å². The molecule has 0 radical (unpaired) electrons. The molecule has 0 unspecified atom stereocenters. The van der Waals surface area contributed by atoms with Crippen LogP contribution in [0.4, 0.5) is 4.79 Å². The van der Waals surface area contributed by atoms with Crippen LogP contribution in [0, 0.1) is 0 Å². The van der Waals surface area contributed by atoms with Crippen molar-refractivity contribution >= 4 is 12.0 Å². The zero-order valence-electron chi connectivity index (χ0n) is 23.0. The van der Waals surface area contributed by atoms with Gasteiger partial charge in [0.2, 0.25) is 5.91 Å². The summed E-state index contributed by atoms with van der Waals surface area (Å²) in [5.41, 5.74) is -0.497. The number of allylic oxidation sites excluding steroid dienone is 12. The molecule has 1 saturated heterocycles. The van der Waals surface area contributed by atoms with Gasteiger partial charge in [0.1, 0.15) is 5.60 Å². The molecule has 0 aromatic carbocycles. The number of rotatable bonds is 14. The molecule has 0 N–H and O–H groups in total. The van der Waals surface area contributed by atoms with Gasteiger partial charge in [-0.05, 0) is 65.7 Å². The molecule has 0 spiro atoms. The van der Waals surface area contributed by atoms with E-state index in [9.17, 15) is 9.59 Å². The summed E-state index contributed by atoms with van der Waals surface area (Å²) in [7, 11) is 0. The maximum atomic E-state index is 12.4. The van der Waals surface area contributed by atoms with Gasteiger partial charge in [-0.2, -0.15) is 0 Å². The third-order valence-corrected chi connectivity index (χ3v) is 5.41. The van der Waals surface area contributed by atoms with Crippen LogP contribution in [0.25, 0.3) is 0 Å². The third-order valence-electron chi connectivity index (χ3n) is 5.41. The number of amides is 2. The van der Waals surface area contributed by atoms with Gasteiger partial charge in [0.05, 0.1) is 0 Å². The molecular weight excluding hydrogens is 448 g/mol. The molecule has 2 amide bonds. The second-order valence-electron chi connectivity index (χ2n) is 9.80. The Morgan fingerprint density at radius 1 is 0.639 bits per heavy atom. The standard InChI is InChI=1S/C31H48N2O3/c1-5-6-7-8-9-10-11-12-13-14-15-16-17-18-19-20-21-22-23-24-29(34)32-25-27-33(28-26-32)30(35)36-31(2,3)4/h6-7,9-10,12-13,15-16,18-19,21-22H,5,8,11,14,17,20,23-28H2,1-4H3/b7-6-,10-9-,13-12-,16-15-,19-18-,22-21-. The van der Waals surface area contributed by atoms with Crippen molar-refractivity contribution in [2.45, 2.75) is 84.7 Å². The molecule has 0 aromatic heterocycles. The summed E-state index contributed by atoms with van der Waals surface area (Å²) >= 11 is 0. The first-order valence-electron chi connectivity index (χ1n) is 13.5. The van der Waals surface area contributed by atoms with Gasteiger partial charge in [-0.3, -0.25) is 4.79 Å². The lowest BCUT2D eigenvalue weighted by molar-refractivity contribution is -0.132. The maximum absolute atomic E-state index is 12.4. The minimum Gasteiger partial charge on any atom is -0.444 e. The molecule has 5 nitrogen and oxygen atoms in total. The summed E-state index contributed by atoms with van der Waals surface area (Å²) in [5, 5.41) is 0. The highest BCUT2D eigenvalue weighted by molar-refractivity contribution is 5.77. The Labute approximate surface area is 220 Å². The zero-order valence-corrected chi connectivity index (χ0v) is 23.0. The van der Waals surface area contributed by atoms with E-state index in [2.05, 4.69) is 79.8 Å². The van der Waals surface area contributed by atoms with Crippen LogP contribution < -0.4 is 0 Å². The van der Waals surface area contributed by atoms with E-state index < -0.39 is 5.60 Å². The second-order valence-corrected chi connectivity index (χ2v) is 9.80. The van der Waals surface area contributed by atoms with Crippen molar-refractivity contribution in [1.29, 1.82) is 0 Å². The number of carbonyl (C=O) groups excluding carboxylic acids is 2. The molecule has 0 bridgehead atoms. The quantitative estimate of drug-likeness (QED) is 0.233. The first-order chi connectivity index (χ1) is 17.3. The van der Waals surface area contributed by atoms with Crippen molar-refractivity contribution in [2.24, 2.45) is 0 Å². The second kappa shape index (κ2) is 19.4. The van der Waals surface area contributed by atoms with Crippen LogP contribution in [-0.4, -0.2) is 53.6 Å². The summed E-state index contributed by atoms with van der Waals surface area (Å²) < 4.78 is 5.40. The normalized spacial score (nSPS) is 15.7. The summed E-state index contributed by atoms with van der Waals surface area (Å²) in [6, 6.07) is 0. The number of nitrogens with zero attached hydrogens (tertiary/aromatic N) is 2. The molecule has 1 heterocycles. The van der Waals surface area contributed by atoms with Crippen LogP contribution in [0.5, 0.6) is 0 Å². The van der Waals surface area contributed by atoms with Gasteiger partial charge in [-0.25, -0.2) is 4.79 Å². The van der Waals surface area contributed by atoms with Crippen molar-refractivity contribution < 1.29 is 14.3 Å². The highest BCUT2D eigenvalue weighted by Gasteiger charge is 2.27. The van der Waals surface area contributed by atoms with Crippen LogP contribution in [-0.2, 0) is 9.53 Å². The zero-order chi connectivity index (χ0) is 26.5. The van der Waals surface area contributed by atoms with Crippen LogP contribution in [0.2, 0.25) is 0 Å². The van der Waals surface area contributed by atoms with E-state index in [-0.39, 0.29) is 12.0 Å². The number of piperazine rings is 1. The fourth-order valence-electron chi connectivity index (χ4n) is 3.47. The smallest absolute Gasteiger partial charge is 0.410 e. The van der Waals surface area contributed by atoms with Gasteiger partial charge < -0.3 is 14.5 Å². The minimum atomic E-state index is -0.497. The molecule has 1 rings (SSSR count). The Kier molecular flexibility index (Phi) is 16.8. The van der Waals surface area contributed by atoms with Crippen molar-refractivity contribution in [1.82, 2.24) is 9.80 Å². The first kappa shape index (κ1) is 31.2. The number of hydrogen-bond donors (Lipinski definition) is 0. The third kappa shape index (κ3) is 16.7. The SMILES string of the molecule is CC/C=C\C/C=C\C/C=C\C/C=C\C/C=C\C/C=C\CCC(=O)N1CCN(C(=O)OC(C)(C)C)CC1. The van der Waals surface area contributed by atoms with Gasteiger partial charge in [-0.15, -0.1) is 0 Å². The van der Waals surface area contributed by atoms with Crippen molar-refractivity contribution in [3.63, 3.8) is 0 Å². The highest BCUT2D eigenvalue weighted by atomic mass is 16.6. The molecule has 36 heavy (non-hydrogen) atoms. The minimum absolute atomic E-state index is 0.151.